The Bertz CT molecular complexity index is 157. The molecule has 0 radical (unpaired) electrons. The lowest BCUT2D eigenvalue weighted by Gasteiger charge is -2.37. The van der Waals surface area contributed by atoms with Gasteiger partial charge >= 0.3 is 0 Å². The van der Waals surface area contributed by atoms with Gasteiger partial charge in [0.05, 0.1) is 6.61 Å². The van der Waals surface area contributed by atoms with E-state index in [4.69, 9.17) is 9.47 Å². The first kappa shape index (κ1) is 12.0. The first-order chi connectivity index (χ1) is 6.73. The van der Waals surface area contributed by atoms with E-state index < -0.39 is 0 Å². The van der Waals surface area contributed by atoms with Gasteiger partial charge < -0.3 is 9.47 Å². The lowest BCUT2D eigenvalue weighted by molar-refractivity contribution is -0.168. The van der Waals surface area contributed by atoms with Crippen LogP contribution in [-0.2, 0) is 9.47 Å². The summed E-state index contributed by atoms with van der Waals surface area (Å²) in [5.41, 5.74) is -0.207. The van der Waals surface area contributed by atoms with E-state index >= 15 is 0 Å². The Morgan fingerprint density at radius 2 is 1.79 bits per heavy atom. The van der Waals surface area contributed by atoms with Gasteiger partial charge in [0.15, 0.2) is 0 Å². The fraction of sp³-hybridized carbons (Fsp3) is 1.00. The summed E-state index contributed by atoms with van der Waals surface area (Å²) in [5.74, 6) is 0. The van der Waals surface area contributed by atoms with Crippen molar-refractivity contribution in [2.75, 3.05) is 32.9 Å². The van der Waals surface area contributed by atoms with E-state index in [-0.39, 0.29) is 5.72 Å². The average molecular weight is 201 g/mol. The Hall–Kier alpha value is -0.120. The molecule has 1 fully saturated rings. The normalized spacial score (nSPS) is 22.5. The monoisotopic (exact) mass is 201 g/mol. The molecule has 0 saturated carbocycles. The van der Waals surface area contributed by atoms with Crippen LogP contribution in [0.4, 0.5) is 0 Å². The minimum absolute atomic E-state index is 0.207. The van der Waals surface area contributed by atoms with Crippen LogP contribution < -0.4 is 0 Å². The van der Waals surface area contributed by atoms with Gasteiger partial charge in [0.2, 0.25) is 0 Å². The number of ether oxygens (including phenoxy) is 2. The number of hydrogen-bond donors (Lipinski definition) is 0. The molecule has 1 aliphatic heterocycles. The molecule has 0 aromatic heterocycles. The largest absolute Gasteiger partial charge is 0.377 e. The summed E-state index contributed by atoms with van der Waals surface area (Å²) >= 11 is 0. The molecule has 0 aromatic rings. The lowest BCUT2D eigenvalue weighted by Crippen LogP contribution is -2.50. The highest BCUT2D eigenvalue weighted by atomic mass is 16.6. The van der Waals surface area contributed by atoms with Gasteiger partial charge in [0.1, 0.15) is 5.72 Å². The van der Waals surface area contributed by atoms with Crippen molar-refractivity contribution in [1.29, 1.82) is 0 Å². The average Bonchev–Trinajstić information content (AvgIpc) is 2.68. The molecule has 1 atom stereocenters. The van der Waals surface area contributed by atoms with Gasteiger partial charge in [-0.3, -0.25) is 4.90 Å². The van der Waals surface area contributed by atoms with E-state index in [9.17, 15) is 0 Å². The van der Waals surface area contributed by atoms with Crippen molar-refractivity contribution >= 4 is 0 Å². The van der Waals surface area contributed by atoms with Crippen molar-refractivity contribution in [3.63, 3.8) is 0 Å². The Labute approximate surface area is 87.4 Å². The molecule has 0 N–H and O–H groups in total. The van der Waals surface area contributed by atoms with E-state index in [0.717, 1.165) is 26.3 Å². The van der Waals surface area contributed by atoms with Crippen LogP contribution in [0.3, 0.4) is 0 Å². The molecule has 84 valence electrons. The highest BCUT2D eigenvalue weighted by molar-refractivity contribution is 4.80. The van der Waals surface area contributed by atoms with Crippen LogP contribution >= 0.6 is 0 Å². The summed E-state index contributed by atoms with van der Waals surface area (Å²) in [6, 6.07) is 0. The van der Waals surface area contributed by atoms with Crippen LogP contribution in [0.15, 0.2) is 0 Å². The van der Waals surface area contributed by atoms with Crippen LogP contribution in [0, 0.1) is 0 Å². The third kappa shape index (κ3) is 2.94. The molecule has 3 nitrogen and oxygen atoms in total. The van der Waals surface area contributed by atoms with Crippen LogP contribution in [0.2, 0.25) is 0 Å². The molecule has 1 heterocycles. The molecule has 0 amide bonds. The SMILES string of the molecule is CCOCC(C)(OCC)N1CCCC1. The van der Waals surface area contributed by atoms with Gasteiger partial charge in [-0.15, -0.1) is 0 Å². The van der Waals surface area contributed by atoms with Crippen LogP contribution in [0.1, 0.15) is 33.6 Å². The topological polar surface area (TPSA) is 21.7 Å². The van der Waals surface area contributed by atoms with E-state index in [1.165, 1.54) is 12.8 Å². The van der Waals surface area contributed by atoms with E-state index in [2.05, 4.69) is 11.8 Å². The molecule has 1 rings (SSSR count). The number of hydrogen-bond acceptors (Lipinski definition) is 3. The zero-order chi connectivity index (χ0) is 10.4. The van der Waals surface area contributed by atoms with Gasteiger partial charge in [-0.2, -0.15) is 0 Å². The van der Waals surface area contributed by atoms with Gasteiger partial charge in [-0.1, -0.05) is 0 Å². The Balaban J connectivity index is 2.49. The first-order valence-corrected chi connectivity index (χ1v) is 5.69. The summed E-state index contributed by atoms with van der Waals surface area (Å²) in [4.78, 5) is 2.40. The van der Waals surface area contributed by atoms with Crippen LogP contribution in [0.5, 0.6) is 0 Å². The quantitative estimate of drug-likeness (QED) is 0.655. The second-order valence-electron chi connectivity index (χ2n) is 3.94. The molecule has 3 heteroatoms. The van der Waals surface area contributed by atoms with E-state index in [1.807, 2.05) is 13.8 Å². The first-order valence-electron chi connectivity index (χ1n) is 5.69. The maximum atomic E-state index is 5.82. The van der Waals surface area contributed by atoms with Gasteiger partial charge in [-0.25, -0.2) is 0 Å². The summed E-state index contributed by atoms with van der Waals surface area (Å²) in [6.45, 7) is 10.7. The Kier molecular flexibility index (Phi) is 4.85. The molecule has 0 aliphatic carbocycles. The van der Waals surface area contributed by atoms with Crippen molar-refractivity contribution in [2.45, 2.75) is 39.3 Å². The third-order valence-corrected chi connectivity index (χ3v) is 2.80. The molecule has 1 saturated heterocycles. The molecule has 0 aromatic carbocycles. The van der Waals surface area contributed by atoms with Crippen molar-refractivity contribution in [3.05, 3.63) is 0 Å². The predicted octanol–water partition coefficient (Wildman–Crippen LogP) is 1.87. The molecule has 1 aliphatic rings. The van der Waals surface area contributed by atoms with E-state index in [1.54, 1.807) is 0 Å². The minimum Gasteiger partial charge on any atom is -0.377 e. The van der Waals surface area contributed by atoms with Crippen molar-refractivity contribution < 1.29 is 9.47 Å². The smallest absolute Gasteiger partial charge is 0.142 e. The molecule has 14 heavy (non-hydrogen) atoms. The number of rotatable bonds is 6. The highest BCUT2D eigenvalue weighted by Crippen LogP contribution is 2.23. The van der Waals surface area contributed by atoms with Gasteiger partial charge in [0, 0.05) is 26.3 Å². The van der Waals surface area contributed by atoms with Crippen LogP contribution in [-0.4, -0.2) is 43.5 Å². The van der Waals surface area contributed by atoms with Crippen molar-refractivity contribution in [2.24, 2.45) is 0 Å². The summed E-state index contributed by atoms with van der Waals surface area (Å²) in [5, 5.41) is 0. The predicted molar refractivity (Wildman–Crippen MR) is 57.3 cm³/mol. The number of likely N-dealkylation sites (tertiary alicyclic amines) is 1. The fourth-order valence-corrected chi connectivity index (χ4v) is 2.02. The van der Waals surface area contributed by atoms with Gasteiger partial charge in [-0.05, 0) is 33.6 Å². The molecule has 0 bridgehead atoms. The molecular formula is C11H23NO2. The number of nitrogens with zero attached hydrogens (tertiary/aromatic N) is 1. The Morgan fingerprint density at radius 3 is 2.29 bits per heavy atom. The maximum absolute atomic E-state index is 5.82. The summed E-state index contributed by atoms with van der Waals surface area (Å²) < 4.78 is 11.3. The summed E-state index contributed by atoms with van der Waals surface area (Å²) in [6.07, 6.45) is 2.57. The van der Waals surface area contributed by atoms with E-state index in [0.29, 0.717) is 6.61 Å². The second kappa shape index (κ2) is 5.69. The maximum Gasteiger partial charge on any atom is 0.142 e. The molecular weight excluding hydrogens is 178 g/mol. The summed E-state index contributed by atoms with van der Waals surface area (Å²) in [7, 11) is 0. The highest BCUT2D eigenvalue weighted by Gasteiger charge is 2.34. The van der Waals surface area contributed by atoms with Gasteiger partial charge in [0.25, 0.3) is 0 Å². The third-order valence-electron chi connectivity index (χ3n) is 2.80. The molecule has 0 spiro atoms. The fourth-order valence-electron chi connectivity index (χ4n) is 2.02. The Morgan fingerprint density at radius 1 is 1.14 bits per heavy atom. The van der Waals surface area contributed by atoms with Crippen molar-refractivity contribution in [3.8, 4) is 0 Å². The standard InChI is InChI=1S/C11H23NO2/c1-4-13-10-11(3,14-5-2)12-8-6-7-9-12/h4-10H2,1-3H3. The molecule has 1 unspecified atom stereocenters. The van der Waals surface area contributed by atoms with Crippen LogP contribution in [0.25, 0.3) is 0 Å². The minimum atomic E-state index is -0.207. The second-order valence-corrected chi connectivity index (χ2v) is 3.94. The zero-order valence-electron chi connectivity index (χ0n) is 9.71. The zero-order valence-corrected chi connectivity index (χ0v) is 9.71. The lowest BCUT2D eigenvalue weighted by atomic mass is 10.2. The van der Waals surface area contributed by atoms with Crippen molar-refractivity contribution in [1.82, 2.24) is 4.90 Å².